The number of pyridine rings is 1. The highest BCUT2D eigenvalue weighted by molar-refractivity contribution is 5.94. The normalized spacial score (nSPS) is 16.4. The molecule has 0 aromatic carbocycles. The van der Waals surface area contributed by atoms with Gasteiger partial charge in [0.05, 0.1) is 0 Å². The molecule has 0 fully saturated rings. The van der Waals surface area contributed by atoms with Gasteiger partial charge in [-0.2, -0.15) is 10.2 Å². The van der Waals surface area contributed by atoms with Crippen LogP contribution in [0.15, 0.2) is 31.0 Å². The van der Waals surface area contributed by atoms with Crippen LogP contribution in [0.2, 0.25) is 0 Å². The second-order valence-corrected chi connectivity index (χ2v) is 6.39. The summed E-state index contributed by atoms with van der Waals surface area (Å²) in [7, 11) is 0. The third kappa shape index (κ3) is 3.02. The van der Waals surface area contributed by atoms with Gasteiger partial charge in [-0.25, -0.2) is 14.6 Å². The van der Waals surface area contributed by atoms with Gasteiger partial charge in [-0.05, 0) is 31.2 Å². The van der Waals surface area contributed by atoms with Crippen molar-refractivity contribution in [3.05, 3.63) is 53.5 Å². The first-order chi connectivity index (χ1) is 12.2. The van der Waals surface area contributed by atoms with E-state index in [0.717, 1.165) is 36.1 Å². The summed E-state index contributed by atoms with van der Waals surface area (Å²) in [5.74, 6) is 1.06. The van der Waals surface area contributed by atoms with Crippen LogP contribution in [0.3, 0.4) is 0 Å². The first-order valence-electron chi connectivity index (χ1n) is 8.35. The van der Waals surface area contributed by atoms with E-state index in [9.17, 15) is 4.79 Å². The van der Waals surface area contributed by atoms with Crippen LogP contribution in [-0.2, 0) is 19.4 Å². The van der Waals surface area contributed by atoms with E-state index in [2.05, 4.69) is 37.5 Å². The fourth-order valence-electron chi connectivity index (χ4n) is 3.21. The number of nitrogens with one attached hydrogen (secondary N) is 2. The van der Waals surface area contributed by atoms with Crippen LogP contribution in [-0.4, -0.2) is 35.9 Å². The minimum absolute atomic E-state index is 0.167. The SMILES string of the molecule is C[C@@H]1CCc2[nH]nc(C(=O)NCc3cccnc3-n3cncn3)c2C1. The molecule has 0 radical (unpaired) electrons. The average Bonchev–Trinajstić information content (AvgIpc) is 3.29. The van der Waals surface area contributed by atoms with Crippen molar-refractivity contribution in [3.8, 4) is 5.82 Å². The number of aromatic nitrogens is 6. The number of aromatic amines is 1. The van der Waals surface area contributed by atoms with Crippen LogP contribution >= 0.6 is 0 Å². The summed E-state index contributed by atoms with van der Waals surface area (Å²) in [5.41, 5.74) is 3.51. The average molecular weight is 337 g/mol. The standard InChI is InChI=1S/C17H19N7O/c1-11-4-5-14-13(7-11)15(23-22-14)17(25)20-8-12-3-2-6-19-16(12)24-10-18-9-21-24/h2-3,6,9-11H,4-5,7-8H2,1H3,(H,20,25)(H,22,23)/t11-/m1/s1. The number of rotatable bonds is 4. The number of fused-ring (bicyclic) bond motifs is 1. The summed E-state index contributed by atoms with van der Waals surface area (Å²) in [5, 5.41) is 14.3. The molecular weight excluding hydrogens is 318 g/mol. The van der Waals surface area contributed by atoms with Crippen molar-refractivity contribution in [2.45, 2.75) is 32.7 Å². The number of aryl methyl sites for hydroxylation is 1. The van der Waals surface area contributed by atoms with Crippen LogP contribution in [0.4, 0.5) is 0 Å². The molecular formula is C17H19N7O. The number of carbonyl (C=O) groups is 1. The van der Waals surface area contributed by atoms with E-state index in [1.165, 1.54) is 6.33 Å². The fourth-order valence-corrected chi connectivity index (χ4v) is 3.21. The molecule has 1 atom stereocenters. The topological polar surface area (TPSA) is 101 Å². The summed E-state index contributed by atoms with van der Waals surface area (Å²) in [6, 6.07) is 3.74. The van der Waals surface area contributed by atoms with Crippen molar-refractivity contribution in [1.29, 1.82) is 0 Å². The van der Waals surface area contributed by atoms with E-state index in [-0.39, 0.29) is 5.91 Å². The zero-order valence-corrected chi connectivity index (χ0v) is 13.9. The molecule has 0 saturated heterocycles. The van der Waals surface area contributed by atoms with Gasteiger partial charge in [-0.3, -0.25) is 9.89 Å². The molecule has 8 heteroatoms. The Labute approximate surface area is 144 Å². The minimum Gasteiger partial charge on any atom is -0.346 e. The van der Waals surface area contributed by atoms with Crippen molar-refractivity contribution in [2.24, 2.45) is 5.92 Å². The Morgan fingerprint density at radius 3 is 3.24 bits per heavy atom. The van der Waals surface area contributed by atoms with Crippen molar-refractivity contribution in [1.82, 2.24) is 35.3 Å². The van der Waals surface area contributed by atoms with Gasteiger partial charge >= 0.3 is 0 Å². The van der Waals surface area contributed by atoms with Crippen LogP contribution in [0.5, 0.6) is 0 Å². The van der Waals surface area contributed by atoms with Crippen LogP contribution in [0, 0.1) is 5.92 Å². The highest BCUT2D eigenvalue weighted by Gasteiger charge is 2.24. The monoisotopic (exact) mass is 337 g/mol. The first kappa shape index (κ1) is 15.5. The number of nitrogens with zero attached hydrogens (tertiary/aromatic N) is 5. The van der Waals surface area contributed by atoms with Gasteiger partial charge in [0.1, 0.15) is 12.7 Å². The highest BCUT2D eigenvalue weighted by atomic mass is 16.1. The molecule has 1 aliphatic carbocycles. The molecule has 1 aliphatic rings. The molecule has 0 unspecified atom stereocenters. The van der Waals surface area contributed by atoms with E-state index in [4.69, 9.17) is 0 Å². The lowest BCUT2D eigenvalue weighted by Gasteiger charge is -2.18. The second-order valence-electron chi connectivity index (χ2n) is 6.39. The Kier molecular flexibility index (Phi) is 4.01. The summed E-state index contributed by atoms with van der Waals surface area (Å²) in [4.78, 5) is 20.9. The number of hydrogen-bond acceptors (Lipinski definition) is 5. The Balaban J connectivity index is 1.51. The Morgan fingerprint density at radius 2 is 2.40 bits per heavy atom. The van der Waals surface area contributed by atoms with Gasteiger partial charge in [0, 0.05) is 29.6 Å². The van der Waals surface area contributed by atoms with Crippen molar-refractivity contribution < 1.29 is 4.79 Å². The van der Waals surface area contributed by atoms with Crippen LogP contribution < -0.4 is 5.32 Å². The molecule has 0 saturated carbocycles. The lowest BCUT2D eigenvalue weighted by molar-refractivity contribution is 0.0944. The summed E-state index contributed by atoms with van der Waals surface area (Å²) in [6.07, 6.45) is 7.70. The summed E-state index contributed by atoms with van der Waals surface area (Å²) < 4.78 is 1.58. The van der Waals surface area contributed by atoms with E-state index < -0.39 is 0 Å². The number of H-pyrrole nitrogens is 1. The van der Waals surface area contributed by atoms with Crippen LogP contribution in [0.1, 0.15) is 40.7 Å². The molecule has 3 heterocycles. The van der Waals surface area contributed by atoms with Gasteiger partial charge in [-0.15, -0.1) is 0 Å². The maximum absolute atomic E-state index is 12.6. The molecule has 2 N–H and O–H groups in total. The molecule has 25 heavy (non-hydrogen) atoms. The molecule has 8 nitrogen and oxygen atoms in total. The van der Waals surface area contributed by atoms with E-state index in [1.807, 2.05) is 12.1 Å². The van der Waals surface area contributed by atoms with Gasteiger partial charge < -0.3 is 5.32 Å². The molecule has 0 spiro atoms. The predicted octanol–water partition coefficient (Wildman–Crippen LogP) is 1.44. The molecule has 1 amide bonds. The molecule has 128 valence electrons. The maximum Gasteiger partial charge on any atom is 0.272 e. The minimum atomic E-state index is -0.167. The largest absolute Gasteiger partial charge is 0.346 e. The maximum atomic E-state index is 12.6. The smallest absolute Gasteiger partial charge is 0.272 e. The fraction of sp³-hybridized carbons (Fsp3) is 0.353. The molecule has 3 aromatic rings. The number of hydrogen-bond donors (Lipinski definition) is 2. The molecule has 3 aromatic heterocycles. The zero-order valence-electron chi connectivity index (χ0n) is 13.9. The van der Waals surface area contributed by atoms with Gasteiger partial charge in [0.2, 0.25) is 0 Å². The van der Waals surface area contributed by atoms with Gasteiger partial charge in [-0.1, -0.05) is 13.0 Å². The molecule has 0 aliphatic heterocycles. The summed E-state index contributed by atoms with van der Waals surface area (Å²) >= 11 is 0. The second kappa shape index (κ2) is 6.46. The van der Waals surface area contributed by atoms with E-state index in [0.29, 0.717) is 24.0 Å². The van der Waals surface area contributed by atoms with E-state index >= 15 is 0 Å². The zero-order chi connectivity index (χ0) is 17.2. The third-order valence-electron chi connectivity index (χ3n) is 4.55. The predicted molar refractivity (Wildman–Crippen MR) is 90.1 cm³/mol. The number of amides is 1. The Hall–Kier alpha value is -3.03. The Bertz CT molecular complexity index is 884. The van der Waals surface area contributed by atoms with Crippen molar-refractivity contribution >= 4 is 5.91 Å². The lowest BCUT2D eigenvalue weighted by Crippen LogP contribution is -2.26. The lowest BCUT2D eigenvalue weighted by atomic mass is 9.87. The van der Waals surface area contributed by atoms with Crippen LogP contribution in [0.25, 0.3) is 5.82 Å². The third-order valence-corrected chi connectivity index (χ3v) is 4.55. The van der Waals surface area contributed by atoms with Gasteiger partial charge in [0.25, 0.3) is 5.91 Å². The number of carbonyl (C=O) groups excluding carboxylic acids is 1. The molecule has 4 rings (SSSR count). The van der Waals surface area contributed by atoms with Gasteiger partial charge in [0.15, 0.2) is 11.5 Å². The van der Waals surface area contributed by atoms with Crippen molar-refractivity contribution in [2.75, 3.05) is 0 Å². The summed E-state index contributed by atoms with van der Waals surface area (Å²) in [6.45, 7) is 2.55. The molecule has 0 bridgehead atoms. The van der Waals surface area contributed by atoms with E-state index in [1.54, 1.807) is 17.2 Å². The highest BCUT2D eigenvalue weighted by Crippen LogP contribution is 2.26. The first-order valence-corrected chi connectivity index (χ1v) is 8.35. The van der Waals surface area contributed by atoms with Crippen molar-refractivity contribution in [3.63, 3.8) is 0 Å². The Morgan fingerprint density at radius 1 is 1.48 bits per heavy atom. The quantitative estimate of drug-likeness (QED) is 0.750.